The van der Waals surface area contributed by atoms with Gasteiger partial charge in [-0.1, -0.05) is 111 Å². The van der Waals surface area contributed by atoms with E-state index in [4.69, 9.17) is 9.47 Å². The van der Waals surface area contributed by atoms with E-state index in [1.165, 1.54) is 77.0 Å². The van der Waals surface area contributed by atoms with Crippen molar-refractivity contribution in [3.8, 4) is 0 Å². The van der Waals surface area contributed by atoms with Crippen LogP contribution in [0.4, 0.5) is 0 Å². The standard InChI is InChI=1S/C27H52O4/c1-4-6-8-10-12-14-16-18-22-30-26(28)21-20-25(3)24-27(29)31-23-19-17-15-13-11-9-7-5-2/h25H,4-24H2,1-3H3. The van der Waals surface area contributed by atoms with Crippen LogP contribution in [-0.2, 0) is 19.1 Å². The summed E-state index contributed by atoms with van der Waals surface area (Å²) in [5, 5.41) is 0. The summed E-state index contributed by atoms with van der Waals surface area (Å²) in [6, 6.07) is 0. The van der Waals surface area contributed by atoms with Gasteiger partial charge >= 0.3 is 11.9 Å². The SMILES string of the molecule is CCCCCCCCCCOC(=O)CCC(C)CC(=O)OCCCCCCCCCC. The highest BCUT2D eigenvalue weighted by Gasteiger charge is 2.13. The van der Waals surface area contributed by atoms with Gasteiger partial charge in [-0.15, -0.1) is 0 Å². The van der Waals surface area contributed by atoms with Gasteiger partial charge in [-0.05, 0) is 25.2 Å². The highest BCUT2D eigenvalue weighted by Crippen LogP contribution is 2.13. The van der Waals surface area contributed by atoms with E-state index in [9.17, 15) is 9.59 Å². The molecule has 0 saturated heterocycles. The monoisotopic (exact) mass is 440 g/mol. The zero-order valence-corrected chi connectivity index (χ0v) is 21.1. The first-order chi connectivity index (χ1) is 15.1. The molecule has 1 atom stereocenters. The van der Waals surface area contributed by atoms with E-state index in [-0.39, 0.29) is 17.9 Å². The summed E-state index contributed by atoms with van der Waals surface area (Å²) in [5.74, 6) is -0.119. The Hall–Kier alpha value is -1.06. The maximum Gasteiger partial charge on any atom is 0.306 e. The third-order valence-electron chi connectivity index (χ3n) is 5.88. The third kappa shape index (κ3) is 23.4. The number of carbonyl (C=O) groups is 2. The Bertz CT molecular complexity index is 408. The van der Waals surface area contributed by atoms with Gasteiger partial charge in [-0.25, -0.2) is 0 Å². The van der Waals surface area contributed by atoms with Crippen molar-refractivity contribution in [2.45, 2.75) is 143 Å². The molecule has 0 aliphatic rings. The molecule has 0 aromatic carbocycles. The quantitative estimate of drug-likeness (QED) is 0.119. The lowest BCUT2D eigenvalue weighted by atomic mass is 10.0. The van der Waals surface area contributed by atoms with Crippen LogP contribution in [0.3, 0.4) is 0 Å². The first-order valence-corrected chi connectivity index (χ1v) is 13.4. The second kappa shape index (κ2) is 23.6. The van der Waals surface area contributed by atoms with E-state index in [1.807, 2.05) is 6.92 Å². The van der Waals surface area contributed by atoms with Crippen molar-refractivity contribution in [3.05, 3.63) is 0 Å². The molecule has 0 aliphatic heterocycles. The number of hydrogen-bond donors (Lipinski definition) is 0. The van der Waals surface area contributed by atoms with Crippen LogP contribution in [0, 0.1) is 5.92 Å². The predicted molar refractivity (Wildman–Crippen MR) is 130 cm³/mol. The number of carbonyl (C=O) groups excluding carboxylic acids is 2. The van der Waals surface area contributed by atoms with Gasteiger partial charge in [0.25, 0.3) is 0 Å². The van der Waals surface area contributed by atoms with E-state index in [0.717, 1.165) is 25.7 Å². The van der Waals surface area contributed by atoms with Crippen LogP contribution in [0.25, 0.3) is 0 Å². The minimum Gasteiger partial charge on any atom is -0.466 e. The molecule has 0 radical (unpaired) electrons. The molecule has 0 aromatic rings. The summed E-state index contributed by atoms with van der Waals surface area (Å²) < 4.78 is 10.7. The minimum absolute atomic E-state index is 0.136. The lowest BCUT2D eigenvalue weighted by Crippen LogP contribution is -2.13. The van der Waals surface area contributed by atoms with E-state index in [1.54, 1.807) is 0 Å². The first-order valence-electron chi connectivity index (χ1n) is 13.4. The second-order valence-electron chi connectivity index (χ2n) is 9.24. The number of hydrogen-bond acceptors (Lipinski definition) is 4. The fourth-order valence-electron chi connectivity index (χ4n) is 3.73. The third-order valence-corrected chi connectivity index (χ3v) is 5.88. The molecule has 0 amide bonds. The van der Waals surface area contributed by atoms with Gasteiger partial charge in [0.2, 0.25) is 0 Å². The first kappa shape index (κ1) is 29.9. The molecule has 4 heteroatoms. The van der Waals surface area contributed by atoms with E-state index < -0.39 is 0 Å². The molecule has 0 heterocycles. The normalized spacial score (nSPS) is 12.0. The van der Waals surface area contributed by atoms with Gasteiger partial charge in [-0.3, -0.25) is 9.59 Å². The summed E-state index contributed by atoms with van der Waals surface area (Å²) in [6.07, 6.45) is 21.3. The molecule has 0 saturated carbocycles. The summed E-state index contributed by atoms with van der Waals surface area (Å²) >= 11 is 0. The Morgan fingerprint density at radius 2 is 0.968 bits per heavy atom. The molecule has 31 heavy (non-hydrogen) atoms. The Morgan fingerprint density at radius 1 is 0.581 bits per heavy atom. The molecule has 0 N–H and O–H groups in total. The van der Waals surface area contributed by atoms with Crippen molar-refractivity contribution in [2.75, 3.05) is 13.2 Å². The molecule has 0 aromatic heterocycles. The summed E-state index contributed by atoms with van der Waals surface area (Å²) in [6.45, 7) is 7.53. The molecule has 0 fully saturated rings. The fourth-order valence-corrected chi connectivity index (χ4v) is 3.73. The van der Waals surface area contributed by atoms with Gasteiger partial charge in [0, 0.05) is 12.8 Å². The van der Waals surface area contributed by atoms with Crippen molar-refractivity contribution in [1.29, 1.82) is 0 Å². The number of unbranched alkanes of at least 4 members (excludes halogenated alkanes) is 14. The smallest absolute Gasteiger partial charge is 0.306 e. The van der Waals surface area contributed by atoms with Gasteiger partial charge in [0.05, 0.1) is 13.2 Å². The van der Waals surface area contributed by atoms with E-state index in [2.05, 4.69) is 13.8 Å². The maximum atomic E-state index is 11.9. The lowest BCUT2D eigenvalue weighted by Gasteiger charge is -2.11. The molecule has 0 rings (SSSR count). The van der Waals surface area contributed by atoms with Crippen LogP contribution in [0.5, 0.6) is 0 Å². The highest BCUT2D eigenvalue weighted by molar-refractivity contribution is 5.70. The molecule has 0 spiro atoms. The zero-order valence-electron chi connectivity index (χ0n) is 21.1. The molecular formula is C27H52O4. The average Bonchev–Trinajstić information content (AvgIpc) is 2.75. The van der Waals surface area contributed by atoms with Crippen LogP contribution in [0.2, 0.25) is 0 Å². The number of ether oxygens (including phenoxy) is 2. The van der Waals surface area contributed by atoms with Crippen LogP contribution < -0.4 is 0 Å². The lowest BCUT2D eigenvalue weighted by molar-refractivity contribution is -0.147. The Morgan fingerprint density at radius 3 is 1.42 bits per heavy atom. The maximum absolute atomic E-state index is 11.9. The second-order valence-corrected chi connectivity index (χ2v) is 9.24. The molecular weight excluding hydrogens is 388 g/mol. The van der Waals surface area contributed by atoms with Crippen molar-refractivity contribution < 1.29 is 19.1 Å². The van der Waals surface area contributed by atoms with Crippen LogP contribution in [0.1, 0.15) is 143 Å². The van der Waals surface area contributed by atoms with E-state index in [0.29, 0.717) is 32.5 Å². The van der Waals surface area contributed by atoms with Gasteiger partial charge in [0.15, 0.2) is 0 Å². The van der Waals surface area contributed by atoms with Crippen molar-refractivity contribution in [3.63, 3.8) is 0 Å². The van der Waals surface area contributed by atoms with Gasteiger partial charge in [-0.2, -0.15) is 0 Å². The predicted octanol–water partition coefficient (Wildman–Crippen LogP) is 8.16. The molecule has 4 nitrogen and oxygen atoms in total. The van der Waals surface area contributed by atoms with Crippen molar-refractivity contribution >= 4 is 11.9 Å². The van der Waals surface area contributed by atoms with Crippen molar-refractivity contribution in [1.82, 2.24) is 0 Å². The topological polar surface area (TPSA) is 52.6 Å². The van der Waals surface area contributed by atoms with Crippen LogP contribution in [-0.4, -0.2) is 25.2 Å². The molecule has 0 bridgehead atoms. The largest absolute Gasteiger partial charge is 0.466 e. The fraction of sp³-hybridized carbons (Fsp3) is 0.926. The number of rotatable bonds is 23. The molecule has 184 valence electrons. The Kier molecular flexibility index (Phi) is 22.8. The Labute approximate surface area is 193 Å². The molecule has 0 aliphatic carbocycles. The average molecular weight is 441 g/mol. The molecule has 1 unspecified atom stereocenters. The van der Waals surface area contributed by atoms with Gasteiger partial charge < -0.3 is 9.47 Å². The minimum atomic E-state index is -0.137. The van der Waals surface area contributed by atoms with Crippen molar-refractivity contribution in [2.24, 2.45) is 5.92 Å². The van der Waals surface area contributed by atoms with Crippen LogP contribution >= 0.6 is 0 Å². The number of esters is 2. The summed E-state index contributed by atoms with van der Waals surface area (Å²) in [5.41, 5.74) is 0. The Balaban J connectivity index is 3.46. The van der Waals surface area contributed by atoms with Crippen LogP contribution in [0.15, 0.2) is 0 Å². The summed E-state index contributed by atoms with van der Waals surface area (Å²) in [4.78, 5) is 23.8. The zero-order chi connectivity index (χ0) is 23.0. The summed E-state index contributed by atoms with van der Waals surface area (Å²) in [7, 11) is 0. The van der Waals surface area contributed by atoms with E-state index >= 15 is 0 Å². The highest BCUT2D eigenvalue weighted by atomic mass is 16.5. The van der Waals surface area contributed by atoms with Gasteiger partial charge in [0.1, 0.15) is 0 Å².